The second kappa shape index (κ2) is 8.17. The minimum Gasteiger partial charge on any atom is -0.349 e. The Morgan fingerprint density at radius 2 is 1.77 bits per heavy atom. The van der Waals surface area contributed by atoms with E-state index < -0.39 is 5.54 Å². The van der Waals surface area contributed by atoms with Crippen molar-refractivity contribution in [2.24, 2.45) is 11.8 Å². The highest BCUT2D eigenvalue weighted by molar-refractivity contribution is 5.95. The van der Waals surface area contributed by atoms with E-state index in [2.05, 4.69) is 21.7 Å². The molecule has 2 aliphatic rings. The van der Waals surface area contributed by atoms with Gasteiger partial charge in [-0.25, -0.2) is 0 Å². The summed E-state index contributed by atoms with van der Waals surface area (Å²) in [5, 5.41) is 8.25. The van der Waals surface area contributed by atoms with Gasteiger partial charge in [-0.2, -0.15) is 0 Å². The Bertz CT molecular complexity index is 969. The summed E-state index contributed by atoms with van der Waals surface area (Å²) in [5.41, 5.74) is 0.171. The number of ketones is 1. The highest BCUT2D eigenvalue weighted by atomic mass is 16.2. The smallest absolute Gasteiger partial charge is 0.223 e. The van der Waals surface area contributed by atoms with Crippen molar-refractivity contribution in [1.29, 1.82) is 0 Å². The molecule has 1 aromatic carbocycles. The van der Waals surface area contributed by atoms with Crippen molar-refractivity contribution in [3.63, 3.8) is 0 Å². The molecule has 0 unspecified atom stereocenters. The molecular formula is C24H29N3O3. The molecule has 2 N–H and O–H groups in total. The molecule has 0 radical (unpaired) electrons. The molecule has 30 heavy (non-hydrogen) atoms. The summed E-state index contributed by atoms with van der Waals surface area (Å²) in [7, 11) is 0. The number of aromatic nitrogens is 1. The van der Waals surface area contributed by atoms with Gasteiger partial charge in [0.05, 0.1) is 11.6 Å². The Morgan fingerprint density at radius 1 is 1.07 bits per heavy atom. The van der Waals surface area contributed by atoms with Crippen molar-refractivity contribution < 1.29 is 14.4 Å². The van der Waals surface area contributed by atoms with E-state index in [1.165, 1.54) is 26.7 Å². The predicted octanol–water partition coefficient (Wildman–Crippen LogP) is 3.46. The van der Waals surface area contributed by atoms with E-state index in [-0.39, 0.29) is 29.6 Å². The molecule has 0 aliphatic heterocycles. The third-order valence-electron chi connectivity index (χ3n) is 6.85. The van der Waals surface area contributed by atoms with Crippen LogP contribution in [0.4, 0.5) is 0 Å². The molecule has 2 aliphatic carbocycles. The number of hydrogen-bond acceptors (Lipinski definition) is 4. The van der Waals surface area contributed by atoms with Crippen LogP contribution in [0, 0.1) is 11.8 Å². The first-order valence-corrected chi connectivity index (χ1v) is 10.8. The lowest BCUT2D eigenvalue weighted by Gasteiger charge is -2.45. The first-order valence-electron chi connectivity index (χ1n) is 10.8. The van der Waals surface area contributed by atoms with Gasteiger partial charge in [-0.1, -0.05) is 37.1 Å². The Labute approximate surface area is 176 Å². The normalized spacial score (nSPS) is 24.8. The Morgan fingerprint density at radius 3 is 2.43 bits per heavy atom. The molecule has 1 atom stereocenters. The van der Waals surface area contributed by atoms with Crippen LogP contribution in [-0.2, 0) is 14.4 Å². The van der Waals surface area contributed by atoms with Crippen LogP contribution >= 0.6 is 0 Å². The summed E-state index contributed by atoms with van der Waals surface area (Å²) in [6.07, 6.45) is 8.97. The third-order valence-corrected chi connectivity index (χ3v) is 6.85. The van der Waals surface area contributed by atoms with Crippen LogP contribution in [0.3, 0.4) is 0 Å². The number of nitrogens with one attached hydrogen (secondary N) is 2. The van der Waals surface area contributed by atoms with Crippen LogP contribution in [0.25, 0.3) is 10.8 Å². The summed E-state index contributed by atoms with van der Waals surface area (Å²) in [5.74, 6) is -0.258. The number of rotatable bonds is 6. The van der Waals surface area contributed by atoms with Gasteiger partial charge in [0.1, 0.15) is 0 Å². The Hall–Kier alpha value is -2.76. The number of Topliss-reactive ketones (excluding diaryl/α,β-unsaturated/α-hetero) is 1. The average Bonchev–Trinajstić information content (AvgIpc) is 3.22. The maximum Gasteiger partial charge on any atom is 0.223 e. The number of fused-ring (bicyclic) bond motifs is 1. The molecule has 4 rings (SSSR count). The van der Waals surface area contributed by atoms with Crippen molar-refractivity contribution in [2.75, 3.05) is 0 Å². The zero-order valence-electron chi connectivity index (χ0n) is 17.6. The Kier molecular flexibility index (Phi) is 5.58. The predicted molar refractivity (Wildman–Crippen MR) is 115 cm³/mol. The van der Waals surface area contributed by atoms with E-state index in [0.717, 1.165) is 29.2 Å². The minimum absolute atomic E-state index is 0.0398. The highest BCUT2D eigenvalue weighted by Gasteiger charge is 2.51. The number of hydrogen-bond donors (Lipinski definition) is 2. The number of benzene rings is 1. The minimum atomic E-state index is -0.891. The lowest BCUT2D eigenvalue weighted by atomic mass is 9.65. The van der Waals surface area contributed by atoms with Gasteiger partial charge in [-0.05, 0) is 43.9 Å². The fraction of sp³-hybridized carbons (Fsp3) is 0.500. The maximum atomic E-state index is 13.1. The topological polar surface area (TPSA) is 88.2 Å². The van der Waals surface area contributed by atoms with Crippen LogP contribution in [0.5, 0.6) is 0 Å². The molecule has 1 heterocycles. The van der Waals surface area contributed by atoms with Gasteiger partial charge in [0.2, 0.25) is 11.8 Å². The van der Waals surface area contributed by atoms with Crippen LogP contribution in [0.15, 0.2) is 36.7 Å². The van der Waals surface area contributed by atoms with E-state index in [1.54, 1.807) is 0 Å². The van der Waals surface area contributed by atoms with E-state index in [4.69, 9.17) is 0 Å². The van der Waals surface area contributed by atoms with Gasteiger partial charge in [0.15, 0.2) is 5.78 Å². The molecule has 2 aromatic rings. The molecular weight excluding hydrogens is 378 g/mol. The SMILES string of the molecule is CC(=O)NC1(C(C)=O)CC(C(=O)N[C@@H](c2cncc3ccccc23)C2CCCC2)C1. The lowest BCUT2D eigenvalue weighted by Crippen LogP contribution is -2.64. The van der Waals surface area contributed by atoms with Crippen LogP contribution < -0.4 is 10.6 Å². The first-order chi connectivity index (χ1) is 14.4. The van der Waals surface area contributed by atoms with E-state index in [0.29, 0.717) is 18.8 Å². The molecule has 6 heteroatoms. The monoisotopic (exact) mass is 407 g/mol. The molecule has 1 aromatic heterocycles. The zero-order chi connectivity index (χ0) is 21.3. The van der Waals surface area contributed by atoms with Crippen molar-refractivity contribution in [3.05, 3.63) is 42.2 Å². The third kappa shape index (κ3) is 3.83. The molecule has 2 saturated carbocycles. The van der Waals surface area contributed by atoms with Crippen LogP contribution in [0.2, 0.25) is 0 Å². The quantitative estimate of drug-likeness (QED) is 0.768. The summed E-state index contributed by atoms with van der Waals surface area (Å²) in [6, 6.07) is 8.04. The number of amides is 2. The van der Waals surface area contributed by atoms with Crippen molar-refractivity contribution in [1.82, 2.24) is 15.6 Å². The summed E-state index contributed by atoms with van der Waals surface area (Å²) >= 11 is 0. The zero-order valence-corrected chi connectivity index (χ0v) is 17.6. The molecule has 6 nitrogen and oxygen atoms in total. The van der Waals surface area contributed by atoms with Gasteiger partial charge in [0, 0.05) is 36.2 Å². The lowest BCUT2D eigenvalue weighted by molar-refractivity contribution is -0.142. The summed E-state index contributed by atoms with van der Waals surface area (Å²) < 4.78 is 0. The molecule has 0 spiro atoms. The van der Waals surface area contributed by atoms with Crippen molar-refractivity contribution in [2.45, 2.75) is 64.0 Å². The average molecular weight is 408 g/mol. The fourth-order valence-electron chi connectivity index (χ4n) is 5.18. The first kappa shape index (κ1) is 20.5. The fourth-order valence-corrected chi connectivity index (χ4v) is 5.18. The largest absolute Gasteiger partial charge is 0.349 e. The van der Waals surface area contributed by atoms with Crippen LogP contribution in [0.1, 0.15) is 64.0 Å². The molecule has 2 fully saturated rings. The second-order valence-electron chi connectivity index (χ2n) is 8.91. The van der Waals surface area contributed by atoms with E-state index in [9.17, 15) is 14.4 Å². The second-order valence-corrected chi connectivity index (χ2v) is 8.91. The number of carbonyl (C=O) groups excluding carboxylic acids is 3. The molecule has 158 valence electrons. The maximum absolute atomic E-state index is 13.1. The number of nitrogens with zero attached hydrogens (tertiary/aromatic N) is 1. The number of carbonyl (C=O) groups is 3. The van der Waals surface area contributed by atoms with E-state index >= 15 is 0 Å². The standard InChI is InChI=1S/C24H29N3O3/c1-15(28)24(27-16(2)29)11-19(12-24)23(30)26-22(17-7-3-4-8-17)21-14-25-13-18-9-5-6-10-20(18)21/h5-6,9-10,13-14,17,19,22H,3-4,7-8,11-12H2,1-2H3,(H,26,30)(H,27,29)/t19?,22-,24?/m1/s1. The summed E-state index contributed by atoms with van der Waals surface area (Å²) in [6.45, 7) is 2.88. The van der Waals surface area contributed by atoms with E-state index in [1.807, 2.05) is 30.6 Å². The van der Waals surface area contributed by atoms with Crippen molar-refractivity contribution in [3.8, 4) is 0 Å². The molecule has 0 saturated heterocycles. The van der Waals surface area contributed by atoms with Gasteiger partial charge in [-0.3, -0.25) is 19.4 Å². The van der Waals surface area contributed by atoms with Crippen LogP contribution in [-0.4, -0.2) is 28.1 Å². The van der Waals surface area contributed by atoms with Gasteiger partial charge < -0.3 is 10.6 Å². The van der Waals surface area contributed by atoms with Gasteiger partial charge in [-0.15, -0.1) is 0 Å². The summed E-state index contributed by atoms with van der Waals surface area (Å²) in [4.78, 5) is 41.2. The molecule has 2 amide bonds. The van der Waals surface area contributed by atoms with Crippen molar-refractivity contribution >= 4 is 28.4 Å². The van der Waals surface area contributed by atoms with Gasteiger partial charge >= 0.3 is 0 Å². The highest BCUT2D eigenvalue weighted by Crippen LogP contribution is 2.41. The van der Waals surface area contributed by atoms with Gasteiger partial charge in [0.25, 0.3) is 0 Å². The molecule has 0 bridgehead atoms. The number of pyridine rings is 1. The Balaban J connectivity index is 1.56.